The molecule has 0 saturated heterocycles. The topological polar surface area (TPSA) is 25.8 Å². The lowest BCUT2D eigenvalue weighted by Gasteiger charge is -2.63. The highest BCUT2D eigenvalue weighted by Crippen LogP contribution is 2.66. The summed E-state index contributed by atoms with van der Waals surface area (Å²) < 4.78 is 0. The normalized spacial score (nSPS) is 21.8. The highest BCUT2D eigenvalue weighted by molar-refractivity contribution is 6.96. The van der Waals surface area contributed by atoms with Gasteiger partial charge < -0.3 is 0 Å². The Bertz CT molecular complexity index is 2500. The summed E-state index contributed by atoms with van der Waals surface area (Å²) >= 11 is 0. The van der Waals surface area contributed by atoms with Crippen LogP contribution in [0.1, 0.15) is 83.0 Å². The van der Waals surface area contributed by atoms with Crippen molar-refractivity contribution < 1.29 is 0 Å². The summed E-state index contributed by atoms with van der Waals surface area (Å²) in [7, 11) is 0. The van der Waals surface area contributed by atoms with Crippen LogP contribution in [0.2, 0.25) is 0 Å². The number of aromatic nitrogens is 2. The number of hydrogen-bond acceptors (Lipinski definition) is 2. The second-order valence-corrected chi connectivity index (χ2v) is 19.0. The van der Waals surface area contributed by atoms with Gasteiger partial charge in [0.25, 0.3) is 0 Å². The highest BCUT2D eigenvalue weighted by atomic mass is 14.9. The first-order valence-electron chi connectivity index (χ1n) is 21.9. The summed E-state index contributed by atoms with van der Waals surface area (Å²) in [6.07, 6.45) is 7.91. The minimum Gasteiger partial charge on any atom is -0.228 e. The molecule has 59 heavy (non-hydrogen) atoms. The van der Waals surface area contributed by atoms with Crippen LogP contribution in [0.25, 0.3) is 33.9 Å². The van der Waals surface area contributed by atoms with Crippen molar-refractivity contribution in [3.63, 3.8) is 0 Å². The van der Waals surface area contributed by atoms with E-state index in [9.17, 15) is 0 Å². The Morgan fingerprint density at radius 3 is 1.32 bits per heavy atom. The van der Waals surface area contributed by atoms with Gasteiger partial charge in [-0.05, 0) is 120 Å². The minimum atomic E-state index is 0.203. The molecule has 6 aromatic carbocycles. The average Bonchev–Trinajstić information content (AvgIpc) is 3.22. The van der Waals surface area contributed by atoms with E-state index in [4.69, 9.17) is 9.97 Å². The van der Waals surface area contributed by atoms with Gasteiger partial charge >= 0.3 is 0 Å². The standard InChI is InChI=1S/C56H55BN2/c1-36-25-38(3)52(39(4)26-36)57(53-40(5)27-37(2)28-41(53)6)49-23-21-48(22-24-49)56-33-42-29-43(34-56)32-55(31-42,35-56)47-19-17-45(18-20-47)51-30-50(44-13-9-7-10-14-44)58-54(59-51)46-15-11-8-12-16-46/h7-28,30,42-43H,29,31-35H2,1-6H3. The van der Waals surface area contributed by atoms with Crippen LogP contribution >= 0.6 is 0 Å². The molecule has 2 nitrogen and oxygen atoms in total. The van der Waals surface area contributed by atoms with Crippen LogP contribution in [0.5, 0.6) is 0 Å². The molecule has 0 aliphatic heterocycles. The predicted octanol–water partition coefficient (Wildman–Crippen LogP) is 11.6. The van der Waals surface area contributed by atoms with E-state index in [2.05, 4.69) is 175 Å². The molecule has 2 atom stereocenters. The van der Waals surface area contributed by atoms with Crippen LogP contribution in [-0.2, 0) is 10.8 Å². The Labute approximate surface area is 352 Å². The quantitative estimate of drug-likeness (QED) is 0.144. The molecule has 292 valence electrons. The van der Waals surface area contributed by atoms with Gasteiger partial charge in [0.15, 0.2) is 5.82 Å². The molecule has 1 heterocycles. The van der Waals surface area contributed by atoms with Crippen LogP contribution in [0.4, 0.5) is 0 Å². The number of hydrogen-bond donors (Lipinski definition) is 0. The van der Waals surface area contributed by atoms with Crippen molar-refractivity contribution in [1.29, 1.82) is 0 Å². The van der Waals surface area contributed by atoms with Gasteiger partial charge in [-0.3, -0.25) is 0 Å². The molecule has 4 fully saturated rings. The largest absolute Gasteiger partial charge is 0.242 e. The molecule has 0 N–H and O–H groups in total. The predicted molar refractivity (Wildman–Crippen MR) is 249 cm³/mol. The van der Waals surface area contributed by atoms with E-state index in [0.717, 1.165) is 45.7 Å². The molecule has 1 aromatic heterocycles. The van der Waals surface area contributed by atoms with Crippen LogP contribution in [0.15, 0.2) is 140 Å². The first kappa shape index (κ1) is 37.7. The molecule has 7 aromatic rings. The monoisotopic (exact) mass is 766 g/mol. The molecular weight excluding hydrogens is 711 g/mol. The zero-order valence-corrected chi connectivity index (χ0v) is 35.6. The minimum absolute atomic E-state index is 0.203. The van der Waals surface area contributed by atoms with E-state index in [0.29, 0.717) is 0 Å². The van der Waals surface area contributed by atoms with Gasteiger partial charge in [-0.25, -0.2) is 9.97 Å². The SMILES string of the molecule is Cc1cc(C)c(B(c2ccc(C34CC5CC(C3)CC(c3ccc(-c6cc(-c7ccccc7)nc(-c7ccccc7)n6)cc3)(C5)C4)cc2)c2c(C)cc(C)cc2C)c(C)c1. The maximum Gasteiger partial charge on any atom is 0.242 e. The zero-order valence-electron chi connectivity index (χ0n) is 35.6. The second kappa shape index (κ2) is 14.6. The molecule has 4 bridgehead atoms. The Balaban J connectivity index is 0.992. The van der Waals surface area contributed by atoms with E-state index in [1.54, 1.807) is 5.56 Å². The number of benzene rings is 6. The van der Waals surface area contributed by atoms with Crippen molar-refractivity contribution in [2.24, 2.45) is 11.8 Å². The van der Waals surface area contributed by atoms with Gasteiger partial charge in [0.05, 0.1) is 11.4 Å². The fourth-order valence-electron chi connectivity index (χ4n) is 12.8. The number of aryl methyl sites for hydroxylation is 6. The van der Waals surface area contributed by atoms with Crippen molar-refractivity contribution in [3.8, 4) is 33.9 Å². The van der Waals surface area contributed by atoms with E-state index in [-0.39, 0.29) is 17.5 Å². The molecular formula is C56H55BN2. The Kier molecular flexibility index (Phi) is 9.35. The fourth-order valence-corrected chi connectivity index (χ4v) is 12.8. The summed E-state index contributed by atoms with van der Waals surface area (Å²) in [5.41, 5.74) is 21.3. The molecule has 4 aliphatic carbocycles. The molecule has 0 amide bonds. The zero-order chi connectivity index (χ0) is 40.5. The third kappa shape index (κ3) is 6.77. The maximum atomic E-state index is 5.15. The van der Waals surface area contributed by atoms with Gasteiger partial charge in [0, 0.05) is 16.7 Å². The molecule has 0 radical (unpaired) electrons. The van der Waals surface area contributed by atoms with E-state index in [1.807, 2.05) is 6.07 Å². The third-order valence-corrected chi connectivity index (χ3v) is 14.6. The molecule has 0 spiro atoms. The Morgan fingerprint density at radius 2 is 0.864 bits per heavy atom. The summed E-state index contributed by atoms with van der Waals surface area (Å²) in [4.78, 5) is 10.2. The highest BCUT2D eigenvalue weighted by Gasteiger charge is 2.58. The van der Waals surface area contributed by atoms with Crippen molar-refractivity contribution in [2.75, 3.05) is 0 Å². The molecule has 11 rings (SSSR count). The van der Waals surface area contributed by atoms with E-state index in [1.165, 1.54) is 93.9 Å². The van der Waals surface area contributed by atoms with Gasteiger partial charge in [-0.2, -0.15) is 0 Å². The summed E-state index contributed by atoms with van der Waals surface area (Å²) in [5.74, 6) is 2.32. The lowest BCUT2D eigenvalue weighted by Crippen LogP contribution is -2.57. The van der Waals surface area contributed by atoms with Crippen molar-refractivity contribution >= 4 is 23.1 Å². The lowest BCUT2D eigenvalue weighted by atomic mass is 9.34. The summed E-state index contributed by atoms with van der Waals surface area (Å²) in [6, 6.07) is 52.2. The van der Waals surface area contributed by atoms with E-state index >= 15 is 0 Å². The molecule has 4 aliphatic rings. The van der Waals surface area contributed by atoms with Gasteiger partial charge in [-0.15, -0.1) is 0 Å². The van der Waals surface area contributed by atoms with Crippen LogP contribution in [0, 0.1) is 53.4 Å². The summed E-state index contributed by atoms with van der Waals surface area (Å²) in [5, 5.41) is 0. The Morgan fingerprint density at radius 1 is 0.458 bits per heavy atom. The van der Waals surface area contributed by atoms with E-state index < -0.39 is 0 Å². The van der Waals surface area contributed by atoms with Crippen molar-refractivity contribution in [1.82, 2.24) is 9.97 Å². The van der Waals surface area contributed by atoms with Gasteiger partial charge in [0.1, 0.15) is 0 Å². The van der Waals surface area contributed by atoms with Crippen LogP contribution < -0.4 is 16.4 Å². The Hall–Kier alpha value is -5.54. The number of rotatable bonds is 8. The van der Waals surface area contributed by atoms with Crippen LogP contribution in [0.3, 0.4) is 0 Å². The molecule has 3 heteroatoms. The smallest absolute Gasteiger partial charge is 0.228 e. The number of nitrogens with zero attached hydrogens (tertiary/aromatic N) is 2. The maximum absolute atomic E-state index is 5.15. The van der Waals surface area contributed by atoms with Crippen molar-refractivity contribution in [3.05, 3.63) is 184 Å². The lowest BCUT2D eigenvalue weighted by molar-refractivity contribution is -0.0281. The van der Waals surface area contributed by atoms with Gasteiger partial charge in [0.2, 0.25) is 6.71 Å². The average molecular weight is 767 g/mol. The van der Waals surface area contributed by atoms with Gasteiger partial charge in [-0.1, -0.05) is 183 Å². The van der Waals surface area contributed by atoms with Crippen LogP contribution in [-0.4, -0.2) is 16.7 Å². The third-order valence-electron chi connectivity index (χ3n) is 14.6. The second-order valence-electron chi connectivity index (χ2n) is 19.0. The first-order valence-corrected chi connectivity index (χ1v) is 21.9. The fraction of sp³-hybridized carbons (Fsp3) is 0.286. The molecule has 4 saturated carbocycles. The first-order chi connectivity index (χ1) is 28.6. The van der Waals surface area contributed by atoms with Crippen molar-refractivity contribution in [2.45, 2.75) is 90.9 Å². The molecule has 2 unspecified atom stereocenters. The summed E-state index contributed by atoms with van der Waals surface area (Å²) in [6.45, 7) is 13.9.